The minimum absolute atomic E-state index is 0.274. The van der Waals surface area contributed by atoms with Crippen LogP contribution in [0.4, 0.5) is 0 Å². The molecule has 4 heteroatoms. The number of rotatable bonds is 4. The number of hydrogen-bond acceptors (Lipinski definition) is 2. The topological polar surface area (TPSA) is 24.9 Å². The van der Waals surface area contributed by atoms with Crippen molar-refractivity contribution in [1.82, 2.24) is 10.3 Å². The fourth-order valence-corrected chi connectivity index (χ4v) is 4.17. The predicted octanol–water partition coefficient (Wildman–Crippen LogP) is 4.60. The molecule has 1 aromatic heterocycles. The fourth-order valence-electron chi connectivity index (χ4n) is 2.91. The maximum Gasteiger partial charge on any atom is 0.0715 e. The number of pyridine rings is 1. The molecule has 3 rings (SSSR count). The Balaban J connectivity index is 1.79. The molecule has 0 amide bonds. The molecule has 0 spiro atoms. The van der Waals surface area contributed by atoms with E-state index in [1.165, 1.54) is 17.5 Å². The van der Waals surface area contributed by atoms with Crippen LogP contribution in [0.5, 0.6) is 0 Å². The Morgan fingerprint density at radius 3 is 2.85 bits per heavy atom. The Kier molecular flexibility index (Phi) is 4.24. The predicted molar refractivity (Wildman–Crippen MR) is 88.9 cm³/mol. The van der Waals surface area contributed by atoms with Crippen molar-refractivity contribution < 1.29 is 0 Å². The summed E-state index contributed by atoms with van der Waals surface area (Å²) in [6, 6.07) is 11.1. The molecule has 2 unspecified atom stereocenters. The lowest BCUT2D eigenvalue weighted by Gasteiger charge is -2.33. The summed E-state index contributed by atoms with van der Waals surface area (Å²) in [6.07, 6.45) is 4.13. The van der Waals surface area contributed by atoms with E-state index in [1.807, 2.05) is 13.2 Å². The van der Waals surface area contributed by atoms with Gasteiger partial charge in [0.15, 0.2) is 0 Å². The average Bonchev–Trinajstić information content (AvgIpc) is 2.41. The highest BCUT2D eigenvalue weighted by Crippen LogP contribution is 2.41. The minimum Gasteiger partial charge on any atom is -0.312 e. The van der Waals surface area contributed by atoms with Crippen LogP contribution in [0, 0.1) is 0 Å². The lowest BCUT2D eigenvalue weighted by atomic mass is 9.74. The average molecular weight is 396 g/mol. The Morgan fingerprint density at radius 2 is 2.15 bits per heavy atom. The van der Waals surface area contributed by atoms with Crippen molar-refractivity contribution in [2.75, 3.05) is 7.05 Å². The normalized spacial score (nSPS) is 18.2. The van der Waals surface area contributed by atoms with E-state index in [2.05, 4.69) is 72.5 Å². The first-order valence-corrected chi connectivity index (χ1v) is 8.33. The van der Waals surface area contributed by atoms with Crippen molar-refractivity contribution >= 4 is 31.9 Å². The van der Waals surface area contributed by atoms with Crippen LogP contribution in [0.15, 0.2) is 45.5 Å². The largest absolute Gasteiger partial charge is 0.312 e. The summed E-state index contributed by atoms with van der Waals surface area (Å²) >= 11 is 7.07. The van der Waals surface area contributed by atoms with Gasteiger partial charge in [0.05, 0.1) is 11.7 Å². The smallest absolute Gasteiger partial charge is 0.0715 e. The molecule has 20 heavy (non-hydrogen) atoms. The van der Waals surface area contributed by atoms with Gasteiger partial charge in [0, 0.05) is 15.1 Å². The molecule has 1 aliphatic carbocycles. The first-order chi connectivity index (χ1) is 9.69. The van der Waals surface area contributed by atoms with Gasteiger partial charge in [0.25, 0.3) is 0 Å². The highest BCUT2D eigenvalue weighted by atomic mass is 79.9. The van der Waals surface area contributed by atoms with Gasteiger partial charge in [-0.2, -0.15) is 0 Å². The fraction of sp³-hybridized carbons (Fsp3) is 0.312. The zero-order chi connectivity index (χ0) is 14.1. The van der Waals surface area contributed by atoms with Crippen LogP contribution in [-0.4, -0.2) is 12.0 Å². The minimum atomic E-state index is 0.274. The van der Waals surface area contributed by atoms with Crippen molar-refractivity contribution in [3.05, 3.63) is 62.3 Å². The van der Waals surface area contributed by atoms with Crippen LogP contribution in [0.1, 0.15) is 35.2 Å². The zero-order valence-corrected chi connectivity index (χ0v) is 14.4. The number of aromatic nitrogens is 1. The van der Waals surface area contributed by atoms with Gasteiger partial charge in [-0.1, -0.05) is 24.3 Å². The monoisotopic (exact) mass is 394 g/mol. The molecule has 0 saturated heterocycles. The lowest BCUT2D eigenvalue weighted by molar-refractivity contribution is 0.444. The Labute approximate surface area is 136 Å². The van der Waals surface area contributed by atoms with E-state index in [0.717, 1.165) is 21.1 Å². The molecule has 1 N–H and O–H groups in total. The third-order valence-corrected chi connectivity index (χ3v) is 5.07. The summed E-state index contributed by atoms with van der Waals surface area (Å²) in [4.78, 5) is 4.56. The molecule has 0 saturated carbocycles. The SMILES string of the molecule is CNC(CC1Cc2ccccc21)c1ncc(Br)cc1Br. The van der Waals surface area contributed by atoms with Gasteiger partial charge in [0.1, 0.15) is 0 Å². The molecule has 1 aliphatic rings. The van der Waals surface area contributed by atoms with E-state index in [0.29, 0.717) is 5.92 Å². The first kappa shape index (κ1) is 14.2. The molecule has 1 heterocycles. The Hall–Kier alpha value is -0.710. The van der Waals surface area contributed by atoms with Crippen LogP contribution in [0.3, 0.4) is 0 Å². The standard InChI is InChI=1S/C16H16Br2N2/c1-19-15(16-14(18)8-12(17)9-20-16)7-11-6-10-4-2-3-5-13(10)11/h2-5,8-9,11,15,19H,6-7H2,1H3. The second-order valence-electron chi connectivity index (χ2n) is 5.20. The third kappa shape index (κ3) is 2.69. The number of nitrogens with zero attached hydrogens (tertiary/aromatic N) is 1. The first-order valence-electron chi connectivity index (χ1n) is 6.75. The lowest BCUT2D eigenvalue weighted by Crippen LogP contribution is -2.25. The molecular formula is C16H16Br2N2. The van der Waals surface area contributed by atoms with E-state index >= 15 is 0 Å². The molecular weight excluding hydrogens is 380 g/mol. The maximum absolute atomic E-state index is 4.56. The molecule has 104 valence electrons. The molecule has 2 aromatic rings. The molecule has 0 bridgehead atoms. The third-order valence-electron chi connectivity index (χ3n) is 4.00. The molecule has 0 aliphatic heterocycles. The summed E-state index contributed by atoms with van der Waals surface area (Å²) in [5, 5.41) is 3.40. The number of halogens is 2. The highest BCUT2D eigenvalue weighted by molar-refractivity contribution is 9.11. The number of benzene rings is 1. The second-order valence-corrected chi connectivity index (χ2v) is 6.97. The van der Waals surface area contributed by atoms with Gasteiger partial charge in [-0.15, -0.1) is 0 Å². The van der Waals surface area contributed by atoms with E-state index in [9.17, 15) is 0 Å². The summed E-state index contributed by atoms with van der Waals surface area (Å²) in [5.41, 5.74) is 4.08. The summed E-state index contributed by atoms with van der Waals surface area (Å²) < 4.78 is 2.05. The van der Waals surface area contributed by atoms with E-state index in [1.54, 1.807) is 0 Å². The summed E-state index contributed by atoms with van der Waals surface area (Å²) in [7, 11) is 2.01. The zero-order valence-electron chi connectivity index (χ0n) is 11.2. The Morgan fingerprint density at radius 1 is 1.35 bits per heavy atom. The number of hydrogen-bond donors (Lipinski definition) is 1. The van der Waals surface area contributed by atoms with E-state index in [4.69, 9.17) is 0 Å². The van der Waals surface area contributed by atoms with Crippen LogP contribution >= 0.6 is 31.9 Å². The van der Waals surface area contributed by atoms with Gasteiger partial charge in [0.2, 0.25) is 0 Å². The van der Waals surface area contributed by atoms with Crippen molar-refractivity contribution in [2.45, 2.75) is 24.8 Å². The Bertz CT molecular complexity index is 628. The molecule has 2 atom stereocenters. The van der Waals surface area contributed by atoms with Gasteiger partial charge in [-0.3, -0.25) is 4.98 Å². The summed E-state index contributed by atoms with van der Waals surface area (Å²) in [5.74, 6) is 0.640. The van der Waals surface area contributed by atoms with Crippen LogP contribution in [-0.2, 0) is 6.42 Å². The highest BCUT2D eigenvalue weighted by Gasteiger charge is 2.29. The number of nitrogens with one attached hydrogen (secondary N) is 1. The molecule has 2 nitrogen and oxygen atoms in total. The number of fused-ring (bicyclic) bond motifs is 1. The summed E-state index contributed by atoms with van der Waals surface area (Å²) in [6.45, 7) is 0. The molecule has 0 radical (unpaired) electrons. The quantitative estimate of drug-likeness (QED) is 0.818. The van der Waals surface area contributed by atoms with Crippen LogP contribution in [0.25, 0.3) is 0 Å². The van der Waals surface area contributed by atoms with Crippen LogP contribution < -0.4 is 5.32 Å². The van der Waals surface area contributed by atoms with Gasteiger partial charge < -0.3 is 5.32 Å². The maximum atomic E-state index is 4.56. The molecule has 0 fully saturated rings. The van der Waals surface area contributed by atoms with Gasteiger partial charge >= 0.3 is 0 Å². The second kappa shape index (κ2) is 5.96. The van der Waals surface area contributed by atoms with Gasteiger partial charge in [-0.05, 0) is 74.9 Å². The van der Waals surface area contributed by atoms with Crippen molar-refractivity contribution in [3.8, 4) is 0 Å². The van der Waals surface area contributed by atoms with Crippen molar-refractivity contribution in [2.24, 2.45) is 0 Å². The molecule has 1 aromatic carbocycles. The van der Waals surface area contributed by atoms with Crippen molar-refractivity contribution in [3.63, 3.8) is 0 Å². The van der Waals surface area contributed by atoms with E-state index < -0.39 is 0 Å². The van der Waals surface area contributed by atoms with E-state index in [-0.39, 0.29) is 6.04 Å². The van der Waals surface area contributed by atoms with Crippen LogP contribution in [0.2, 0.25) is 0 Å². The van der Waals surface area contributed by atoms with Gasteiger partial charge in [-0.25, -0.2) is 0 Å². The van der Waals surface area contributed by atoms with Crippen molar-refractivity contribution in [1.29, 1.82) is 0 Å².